The summed E-state index contributed by atoms with van der Waals surface area (Å²) >= 11 is 0. The Labute approximate surface area is 77.1 Å². The fraction of sp³-hybridized carbons (Fsp3) is 0.400. The van der Waals surface area contributed by atoms with E-state index < -0.39 is 0 Å². The summed E-state index contributed by atoms with van der Waals surface area (Å²) < 4.78 is 5.50. The molecule has 2 rings (SSSR count). The van der Waals surface area contributed by atoms with Crippen molar-refractivity contribution in [3.05, 3.63) is 17.7 Å². The smallest absolute Gasteiger partial charge is 0.145 e. The molecule has 0 amide bonds. The Hall–Kier alpha value is -1.38. The predicted octanol–water partition coefficient (Wildman–Crippen LogP) is 1.69. The number of hydrogen-bond acceptors (Lipinski definition) is 3. The van der Waals surface area contributed by atoms with Gasteiger partial charge in [-0.1, -0.05) is 0 Å². The van der Waals surface area contributed by atoms with Crippen LogP contribution in [0.5, 0.6) is 11.5 Å². The Bertz CT molecular complexity index is 323. The van der Waals surface area contributed by atoms with E-state index in [1.165, 1.54) is 6.07 Å². The van der Waals surface area contributed by atoms with Crippen LogP contribution in [0.25, 0.3) is 0 Å². The third-order valence-corrected chi connectivity index (χ3v) is 2.27. The summed E-state index contributed by atoms with van der Waals surface area (Å²) in [6.45, 7) is 0.724. The van der Waals surface area contributed by atoms with Crippen LogP contribution in [0, 0.1) is 0 Å². The van der Waals surface area contributed by atoms with Gasteiger partial charge in [0.25, 0.3) is 0 Å². The number of nitrogen functional groups attached to an aromatic ring is 1. The van der Waals surface area contributed by atoms with E-state index in [2.05, 4.69) is 0 Å². The van der Waals surface area contributed by atoms with Crippen molar-refractivity contribution in [1.82, 2.24) is 0 Å². The third kappa shape index (κ3) is 1.54. The van der Waals surface area contributed by atoms with Crippen molar-refractivity contribution in [1.29, 1.82) is 0 Å². The predicted molar refractivity (Wildman–Crippen MR) is 51.0 cm³/mol. The number of aromatic hydroxyl groups is 1. The summed E-state index contributed by atoms with van der Waals surface area (Å²) in [5, 5.41) is 9.33. The molecule has 0 unspecified atom stereocenters. The fourth-order valence-corrected chi connectivity index (χ4v) is 1.65. The minimum absolute atomic E-state index is 0.224. The molecule has 1 aromatic carbocycles. The first-order valence-corrected chi connectivity index (χ1v) is 4.51. The molecule has 70 valence electrons. The maximum absolute atomic E-state index is 9.33. The first-order valence-electron chi connectivity index (χ1n) is 4.51. The lowest BCUT2D eigenvalue weighted by Crippen LogP contribution is -1.99. The van der Waals surface area contributed by atoms with E-state index in [-0.39, 0.29) is 5.75 Å². The van der Waals surface area contributed by atoms with E-state index in [4.69, 9.17) is 10.5 Å². The molecule has 0 saturated heterocycles. The molecule has 1 aliphatic heterocycles. The first kappa shape index (κ1) is 8.23. The number of ether oxygens (including phenoxy) is 1. The molecule has 3 N–H and O–H groups in total. The van der Waals surface area contributed by atoms with Crippen LogP contribution >= 0.6 is 0 Å². The molecule has 3 heteroatoms. The Kier molecular flexibility index (Phi) is 2.00. The quantitative estimate of drug-likeness (QED) is 0.596. The summed E-state index contributed by atoms with van der Waals surface area (Å²) in [7, 11) is 0. The van der Waals surface area contributed by atoms with Crippen LogP contribution in [-0.2, 0) is 6.42 Å². The van der Waals surface area contributed by atoms with Crippen molar-refractivity contribution < 1.29 is 9.84 Å². The van der Waals surface area contributed by atoms with Crippen molar-refractivity contribution in [2.45, 2.75) is 19.3 Å². The Balaban J connectivity index is 2.47. The van der Waals surface area contributed by atoms with Gasteiger partial charge >= 0.3 is 0 Å². The van der Waals surface area contributed by atoms with E-state index in [1.807, 2.05) is 0 Å². The van der Waals surface area contributed by atoms with Gasteiger partial charge in [0, 0.05) is 6.07 Å². The van der Waals surface area contributed by atoms with Crippen LogP contribution in [0.2, 0.25) is 0 Å². The average molecular weight is 179 g/mol. The number of anilines is 1. The van der Waals surface area contributed by atoms with Crippen molar-refractivity contribution >= 4 is 5.69 Å². The maximum Gasteiger partial charge on any atom is 0.145 e. The topological polar surface area (TPSA) is 55.5 Å². The minimum Gasteiger partial charge on any atom is -0.508 e. The van der Waals surface area contributed by atoms with Gasteiger partial charge in [-0.05, 0) is 30.9 Å². The second kappa shape index (κ2) is 3.17. The van der Waals surface area contributed by atoms with Crippen molar-refractivity contribution in [3.63, 3.8) is 0 Å². The van der Waals surface area contributed by atoms with Crippen LogP contribution in [0.15, 0.2) is 12.1 Å². The van der Waals surface area contributed by atoms with Gasteiger partial charge in [-0.25, -0.2) is 0 Å². The molecule has 0 bridgehead atoms. The van der Waals surface area contributed by atoms with E-state index in [0.29, 0.717) is 5.69 Å². The molecular formula is C10H13NO2. The van der Waals surface area contributed by atoms with Gasteiger partial charge < -0.3 is 15.6 Å². The van der Waals surface area contributed by atoms with Crippen LogP contribution in [-0.4, -0.2) is 11.7 Å². The zero-order valence-electron chi connectivity index (χ0n) is 7.42. The highest BCUT2D eigenvalue weighted by atomic mass is 16.5. The molecule has 0 radical (unpaired) electrons. The highest BCUT2D eigenvalue weighted by Crippen LogP contribution is 2.33. The van der Waals surface area contributed by atoms with Crippen LogP contribution in [0.3, 0.4) is 0 Å². The molecule has 0 aliphatic carbocycles. The van der Waals surface area contributed by atoms with Gasteiger partial charge in [0.05, 0.1) is 12.3 Å². The zero-order chi connectivity index (χ0) is 9.26. The largest absolute Gasteiger partial charge is 0.508 e. The second-order valence-electron chi connectivity index (χ2n) is 3.33. The number of aryl methyl sites for hydroxylation is 1. The SMILES string of the molecule is Nc1cc(O)cc2c1OCCCC2. The molecule has 0 spiro atoms. The summed E-state index contributed by atoms with van der Waals surface area (Å²) in [5.74, 6) is 0.983. The molecule has 0 saturated carbocycles. The molecule has 0 aromatic heterocycles. The molecule has 0 atom stereocenters. The van der Waals surface area contributed by atoms with E-state index >= 15 is 0 Å². The average Bonchev–Trinajstić information content (AvgIpc) is 2.28. The lowest BCUT2D eigenvalue weighted by atomic mass is 10.1. The van der Waals surface area contributed by atoms with Gasteiger partial charge in [-0.3, -0.25) is 0 Å². The normalized spacial score (nSPS) is 15.7. The zero-order valence-corrected chi connectivity index (χ0v) is 7.42. The fourth-order valence-electron chi connectivity index (χ4n) is 1.65. The molecular weight excluding hydrogens is 166 g/mol. The van der Waals surface area contributed by atoms with Gasteiger partial charge in [0.1, 0.15) is 11.5 Å². The van der Waals surface area contributed by atoms with Crippen molar-refractivity contribution in [3.8, 4) is 11.5 Å². The second-order valence-corrected chi connectivity index (χ2v) is 3.33. The minimum atomic E-state index is 0.224. The van der Waals surface area contributed by atoms with Crippen molar-refractivity contribution in [2.24, 2.45) is 0 Å². The maximum atomic E-state index is 9.33. The van der Waals surface area contributed by atoms with Crippen molar-refractivity contribution in [2.75, 3.05) is 12.3 Å². The summed E-state index contributed by atoms with van der Waals surface area (Å²) in [6.07, 6.45) is 3.08. The lowest BCUT2D eigenvalue weighted by molar-refractivity contribution is 0.318. The van der Waals surface area contributed by atoms with Gasteiger partial charge in [-0.15, -0.1) is 0 Å². The highest BCUT2D eigenvalue weighted by Gasteiger charge is 2.12. The van der Waals surface area contributed by atoms with E-state index in [0.717, 1.165) is 37.2 Å². The summed E-state index contributed by atoms with van der Waals surface area (Å²) in [4.78, 5) is 0. The lowest BCUT2D eigenvalue weighted by Gasteiger charge is -2.10. The Morgan fingerprint density at radius 3 is 3.00 bits per heavy atom. The molecule has 1 aliphatic rings. The number of phenols is 1. The van der Waals surface area contributed by atoms with E-state index in [1.54, 1.807) is 6.07 Å². The molecule has 0 fully saturated rings. The number of benzene rings is 1. The standard InChI is InChI=1S/C10H13NO2/c11-9-6-8(12)5-7-3-1-2-4-13-10(7)9/h5-6,12H,1-4,11H2. The van der Waals surface area contributed by atoms with Crippen LogP contribution < -0.4 is 10.5 Å². The number of rotatable bonds is 0. The number of hydrogen-bond donors (Lipinski definition) is 2. The molecule has 3 nitrogen and oxygen atoms in total. The number of fused-ring (bicyclic) bond motifs is 1. The first-order chi connectivity index (χ1) is 6.27. The van der Waals surface area contributed by atoms with Gasteiger partial charge in [0.15, 0.2) is 0 Å². The Morgan fingerprint density at radius 1 is 1.31 bits per heavy atom. The van der Waals surface area contributed by atoms with E-state index in [9.17, 15) is 5.11 Å². The summed E-state index contributed by atoms with van der Waals surface area (Å²) in [6, 6.07) is 3.27. The number of phenolic OH excluding ortho intramolecular Hbond substituents is 1. The van der Waals surface area contributed by atoms with Gasteiger partial charge in [-0.2, -0.15) is 0 Å². The monoisotopic (exact) mass is 179 g/mol. The van der Waals surface area contributed by atoms with Crippen LogP contribution in [0.4, 0.5) is 5.69 Å². The Morgan fingerprint density at radius 2 is 2.15 bits per heavy atom. The van der Waals surface area contributed by atoms with Gasteiger partial charge in [0.2, 0.25) is 0 Å². The third-order valence-electron chi connectivity index (χ3n) is 2.27. The highest BCUT2D eigenvalue weighted by molar-refractivity contribution is 5.60. The number of nitrogens with two attached hydrogens (primary N) is 1. The molecule has 1 aromatic rings. The van der Waals surface area contributed by atoms with Crippen LogP contribution in [0.1, 0.15) is 18.4 Å². The molecule has 13 heavy (non-hydrogen) atoms. The molecule has 1 heterocycles. The summed E-state index contributed by atoms with van der Waals surface area (Å²) in [5.41, 5.74) is 7.29.